The van der Waals surface area contributed by atoms with Gasteiger partial charge >= 0.3 is 0 Å². The fourth-order valence-electron chi connectivity index (χ4n) is 1.89. The number of carbonyl (C=O) groups excluding carboxylic acids is 1. The molecule has 0 bridgehead atoms. The molecule has 1 amide bonds. The van der Waals surface area contributed by atoms with Gasteiger partial charge in [-0.1, -0.05) is 0 Å². The average molecular weight is 315 g/mol. The van der Waals surface area contributed by atoms with Gasteiger partial charge in [0.15, 0.2) is 0 Å². The van der Waals surface area contributed by atoms with Crippen LogP contribution in [0.5, 0.6) is 0 Å². The van der Waals surface area contributed by atoms with Crippen LogP contribution in [0, 0.1) is 0 Å². The summed E-state index contributed by atoms with van der Waals surface area (Å²) in [5, 5.41) is 3.00. The number of hydrogen-bond donors (Lipinski definition) is 1. The highest BCUT2D eigenvalue weighted by atomic mass is 79.9. The largest absolute Gasteiger partial charge is 0.351 e. The van der Waals surface area contributed by atoms with E-state index in [1.807, 2.05) is 11.8 Å². The smallest absolute Gasteiger partial charge is 0.251 e. The van der Waals surface area contributed by atoms with E-state index in [-0.39, 0.29) is 10.7 Å². The van der Waals surface area contributed by atoms with Gasteiger partial charge in [0.05, 0.1) is 0 Å². The summed E-state index contributed by atoms with van der Waals surface area (Å²) in [6, 6.07) is 3.46. The zero-order valence-electron chi connectivity index (χ0n) is 9.70. The topological polar surface area (TPSA) is 42.0 Å². The monoisotopic (exact) mass is 314 g/mol. The highest BCUT2D eigenvalue weighted by molar-refractivity contribution is 9.10. The van der Waals surface area contributed by atoms with E-state index in [1.165, 1.54) is 18.6 Å². The van der Waals surface area contributed by atoms with Crippen LogP contribution in [0.1, 0.15) is 30.1 Å². The first-order valence-corrected chi connectivity index (χ1v) is 7.41. The number of pyridine rings is 1. The van der Waals surface area contributed by atoms with Crippen molar-refractivity contribution in [2.45, 2.75) is 24.5 Å². The summed E-state index contributed by atoms with van der Waals surface area (Å²) in [5.41, 5.74) is 0.651. The summed E-state index contributed by atoms with van der Waals surface area (Å²) in [6.07, 6.45) is 4.06. The summed E-state index contributed by atoms with van der Waals surface area (Å²) in [6.45, 7) is 2.95. The molecule has 5 heteroatoms. The second-order valence-corrected chi connectivity index (χ2v) is 6.95. The fraction of sp³-hybridized carbons (Fsp3) is 0.500. The van der Waals surface area contributed by atoms with Gasteiger partial charge in [-0.25, -0.2) is 4.98 Å². The number of thioether (sulfide) groups is 1. The predicted octanol–water partition coefficient (Wildman–Crippen LogP) is 2.86. The van der Waals surface area contributed by atoms with E-state index in [0.29, 0.717) is 10.2 Å². The van der Waals surface area contributed by atoms with E-state index < -0.39 is 0 Å². The Labute approximate surface area is 114 Å². The van der Waals surface area contributed by atoms with E-state index in [0.717, 1.165) is 6.54 Å². The lowest BCUT2D eigenvalue weighted by molar-refractivity contribution is 0.0950. The van der Waals surface area contributed by atoms with Gasteiger partial charge in [0, 0.05) is 23.1 Å². The number of nitrogens with zero attached hydrogens (tertiary/aromatic N) is 1. The first-order chi connectivity index (χ1) is 8.09. The van der Waals surface area contributed by atoms with Crippen molar-refractivity contribution in [2.75, 3.05) is 12.3 Å². The van der Waals surface area contributed by atoms with Gasteiger partial charge in [-0.15, -0.1) is 0 Å². The molecule has 0 aromatic carbocycles. The van der Waals surface area contributed by atoms with Crippen LogP contribution in [0.3, 0.4) is 0 Å². The van der Waals surface area contributed by atoms with E-state index in [1.54, 1.807) is 18.3 Å². The normalized spacial score (nSPS) is 23.6. The average Bonchev–Trinajstić information content (AvgIpc) is 2.74. The van der Waals surface area contributed by atoms with Crippen molar-refractivity contribution < 1.29 is 4.79 Å². The van der Waals surface area contributed by atoms with E-state index in [9.17, 15) is 4.79 Å². The molecule has 0 aliphatic carbocycles. The van der Waals surface area contributed by atoms with Crippen molar-refractivity contribution >= 4 is 33.6 Å². The first kappa shape index (κ1) is 12.9. The molecular weight excluding hydrogens is 300 g/mol. The molecule has 1 fully saturated rings. The predicted molar refractivity (Wildman–Crippen MR) is 74.4 cm³/mol. The number of nitrogens with one attached hydrogen (secondary N) is 1. The van der Waals surface area contributed by atoms with Gasteiger partial charge in [0.1, 0.15) is 4.60 Å². The number of halogens is 1. The highest BCUT2D eigenvalue weighted by Gasteiger charge is 2.29. The fourth-order valence-corrected chi connectivity index (χ4v) is 3.50. The maximum Gasteiger partial charge on any atom is 0.251 e. The summed E-state index contributed by atoms with van der Waals surface area (Å²) >= 11 is 5.21. The Morgan fingerprint density at radius 2 is 2.53 bits per heavy atom. The minimum absolute atomic E-state index is 0.0261. The van der Waals surface area contributed by atoms with Gasteiger partial charge in [-0.05, 0) is 53.6 Å². The van der Waals surface area contributed by atoms with Crippen LogP contribution < -0.4 is 5.32 Å². The van der Waals surface area contributed by atoms with Gasteiger partial charge in [-0.3, -0.25) is 4.79 Å². The van der Waals surface area contributed by atoms with Gasteiger partial charge < -0.3 is 5.32 Å². The third-order valence-corrected chi connectivity index (χ3v) is 4.88. The summed E-state index contributed by atoms with van der Waals surface area (Å²) in [7, 11) is 0. The molecular formula is C12H15BrN2OS. The Morgan fingerprint density at radius 1 is 1.71 bits per heavy atom. The Kier molecular flexibility index (Phi) is 4.09. The standard InChI is InChI=1S/C12H15BrN2OS/c1-12(4-2-6-17-12)8-15-11(16)9-3-5-14-10(13)7-9/h3,5,7H,2,4,6,8H2,1H3,(H,15,16). The molecule has 1 atom stereocenters. The van der Waals surface area contributed by atoms with Crippen molar-refractivity contribution in [3.05, 3.63) is 28.5 Å². The molecule has 1 aromatic heterocycles. The van der Waals surface area contributed by atoms with Gasteiger partial charge in [-0.2, -0.15) is 11.8 Å². The lowest BCUT2D eigenvalue weighted by Gasteiger charge is -2.22. The Hall–Kier alpha value is -0.550. The van der Waals surface area contributed by atoms with Crippen LogP contribution in [0.25, 0.3) is 0 Å². The number of hydrogen-bond acceptors (Lipinski definition) is 3. The number of rotatable bonds is 3. The Balaban J connectivity index is 1.93. The lowest BCUT2D eigenvalue weighted by atomic mass is 10.1. The van der Waals surface area contributed by atoms with Crippen LogP contribution in [0.4, 0.5) is 0 Å². The molecule has 1 aromatic rings. The molecule has 1 aliphatic rings. The third kappa shape index (κ3) is 3.45. The maximum absolute atomic E-state index is 11.9. The molecule has 1 aliphatic heterocycles. The Morgan fingerprint density at radius 3 is 3.18 bits per heavy atom. The molecule has 1 saturated heterocycles. The number of carbonyl (C=O) groups is 1. The summed E-state index contributed by atoms with van der Waals surface area (Å²) in [4.78, 5) is 15.9. The number of aromatic nitrogens is 1. The van der Waals surface area contributed by atoms with E-state index in [2.05, 4.69) is 33.2 Å². The maximum atomic E-state index is 11.9. The zero-order valence-corrected chi connectivity index (χ0v) is 12.1. The van der Waals surface area contributed by atoms with Crippen molar-refractivity contribution in [3.8, 4) is 0 Å². The van der Waals surface area contributed by atoms with Crippen LogP contribution in [-0.4, -0.2) is 27.9 Å². The van der Waals surface area contributed by atoms with Crippen LogP contribution >= 0.6 is 27.7 Å². The number of amides is 1. The first-order valence-electron chi connectivity index (χ1n) is 5.63. The van der Waals surface area contributed by atoms with E-state index >= 15 is 0 Å². The van der Waals surface area contributed by atoms with Crippen molar-refractivity contribution in [1.29, 1.82) is 0 Å². The summed E-state index contributed by atoms with van der Waals surface area (Å²) < 4.78 is 0.895. The lowest BCUT2D eigenvalue weighted by Crippen LogP contribution is -2.36. The molecule has 0 radical (unpaired) electrons. The van der Waals surface area contributed by atoms with Crippen molar-refractivity contribution in [1.82, 2.24) is 10.3 Å². The second-order valence-electron chi connectivity index (χ2n) is 4.45. The molecule has 2 heterocycles. The molecule has 92 valence electrons. The second kappa shape index (κ2) is 5.40. The molecule has 1 unspecified atom stereocenters. The minimum atomic E-state index is -0.0261. The van der Waals surface area contributed by atoms with Crippen LogP contribution in [0.15, 0.2) is 22.9 Å². The summed E-state index contributed by atoms with van der Waals surface area (Å²) in [5.74, 6) is 1.18. The van der Waals surface area contributed by atoms with Gasteiger partial charge in [0.25, 0.3) is 5.91 Å². The van der Waals surface area contributed by atoms with Crippen molar-refractivity contribution in [2.24, 2.45) is 0 Å². The minimum Gasteiger partial charge on any atom is -0.351 e. The van der Waals surface area contributed by atoms with Crippen LogP contribution in [0.2, 0.25) is 0 Å². The zero-order chi connectivity index (χ0) is 12.3. The van der Waals surface area contributed by atoms with Crippen molar-refractivity contribution in [3.63, 3.8) is 0 Å². The molecule has 1 N–H and O–H groups in total. The SMILES string of the molecule is CC1(CNC(=O)c2ccnc(Br)c2)CCCS1. The highest BCUT2D eigenvalue weighted by Crippen LogP contribution is 2.36. The molecule has 0 spiro atoms. The third-order valence-electron chi connectivity index (χ3n) is 2.91. The molecule has 17 heavy (non-hydrogen) atoms. The van der Waals surface area contributed by atoms with Crippen LogP contribution in [-0.2, 0) is 0 Å². The Bertz CT molecular complexity index is 419. The van der Waals surface area contributed by atoms with E-state index in [4.69, 9.17) is 0 Å². The van der Waals surface area contributed by atoms with Gasteiger partial charge in [0.2, 0.25) is 0 Å². The molecule has 3 nitrogen and oxygen atoms in total. The quantitative estimate of drug-likeness (QED) is 0.872. The molecule has 2 rings (SSSR count). The molecule has 0 saturated carbocycles.